The number of carboxylic acids is 1. The molecule has 4 heterocycles. The van der Waals surface area contributed by atoms with Crippen molar-refractivity contribution < 1.29 is 14.7 Å². The van der Waals surface area contributed by atoms with Gasteiger partial charge in [0.15, 0.2) is 0 Å². The number of aromatic carboxylic acids is 1. The van der Waals surface area contributed by atoms with Crippen LogP contribution in [-0.2, 0) is 11.3 Å². The molecule has 7 heteroatoms. The molecule has 2 aromatic carbocycles. The van der Waals surface area contributed by atoms with Gasteiger partial charge < -0.3 is 19.9 Å². The Morgan fingerprint density at radius 2 is 1.76 bits per heavy atom. The third-order valence-corrected chi connectivity index (χ3v) is 10.2. The Morgan fingerprint density at radius 3 is 2.54 bits per heavy atom. The Bertz CT molecular complexity index is 1500. The van der Waals surface area contributed by atoms with Crippen molar-refractivity contribution in [3.05, 3.63) is 53.1 Å². The van der Waals surface area contributed by atoms with Crippen LogP contribution in [0.2, 0.25) is 0 Å². The highest BCUT2D eigenvalue weighted by molar-refractivity contribution is 6.00. The first-order valence-corrected chi connectivity index (χ1v) is 15.8. The van der Waals surface area contributed by atoms with E-state index in [1.54, 1.807) is 6.07 Å². The van der Waals surface area contributed by atoms with E-state index in [1.807, 2.05) is 6.07 Å². The molecule has 2 atom stereocenters. The topological polar surface area (TPSA) is 77.8 Å². The van der Waals surface area contributed by atoms with Gasteiger partial charge in [0.2, 0.25) is 5.91 Å². The minimum absolute atomic E-state index is 0.00372. The highest BCUT2D eigenvalue weighted by Crippen LogP contribution is 2.50. The van der Waals surface area contributed by atoms with Gasteiger partial charge in [0.05, 0.1) is 29.0 Å². The number of nitrogens with zero attached hydrogens (tertiary/aromatic N) is 3. The van der Waals surface area contributed by atoms with Crippen LogP contribution < -0.4 is 10.2 Å². The van der Waals surface area contributed by atoms with Crippen LogP contribution in [0.1, 0.15) is 98.7 Å². The Kier molecular flexibility index (Phi) is 6.81. The summed E-state index contributed by atoms with van der Waals surface area (Å²) in [6, 6.07) is 12.7. The van der Waals surface area contributed by atoms with Crippen LogP contribution in [-0.4, -0.2) is 58.2 Å². The third kappa shape index (κ3) is 4.44. The minimum atomic E-state index is -0.880. The Labute approximate surface area is 242 Å². The van der Waals surface area contributed by atoms with Gasteiger partial charge in [-0.1, -0.05) is 43.5 Å². The number of carboxylic acid groups (broad SMARTS) is 1. The lowest BCUT2D eigenvalue weighted by Gasteiger charge is -2.37. The summed E-state index contributed by atoms with van der Waals surface area (Å²) < 4.78 is 2.41. The second-order valence-corrected chi connectivity index (χ2v) is 12.9. The molecule has 0 bridgehead atoms. The standard InChI is InChI=1S/C34H42N4O3/c1-21(2)37-16-7-12-28(37)33(39)35-27-15-17-36-18-19-38-29-20-23(34(40)41)13-14-25(29)30(22-8-4-3-5-9-22)32(38)26-11-6-10-24(27)31(26)36/h6,10-11,13-14,20-22,27-28H,3-5,7-9,12,15-19H2,1-2H3,(H,35,39)(H,40,41). The van der Waals surface area contributed by atoms with Gasteiger partial charge in [0, 0.05) is 42.1 Å². The van der Waals surface area contributed by atoms with E-state index in [-0.39, 0.29) is 18.0 Å². The van der Waals surface area contributed by atoms with Crippen LogP contribution in [0.3, 0.4) is 0 Å². The molecule has 1 aliphatic carbocycles. The SMILES string of the molecule is CC(C)N1CCCC1C(=O)NC1CCN2CCn3c(c(C4CCCCC4)c4ccc(C(=O)O)cc43)-c3cccc1c32. The molecule has 7 nitrogen and oxygen atoms in total. The maximum atomic E-state index is 13.6. The summed E-state index contributed by atoms with van der Waals surface area (Å²) in [7, 11) is 0. The maximum Gasteiger partial charge on any atom is 0.335 e. The van der Waals surface area contributed by atoms with Gasteiger partial charge in [-0.15, -0.1) is 0 Å². The van der Waals surface area contributed by atoms with E-state index in [4.69, 9.17) is 0 Å². The average Bonchev–Trinajstić information content (AvgIpc) is 3.56. The minimum Gasteiger partial charge on any atom is -0.478 e. The first kappa shape index (κ1) is 26.6. The molecule has 0 radical (unpaired) electrons. The van der Waals surface area contributed by atoms with E-state index in [0.717, 1.165) is 51.0 Å². The summed E-state index contributed by atoms with van der Waals surface area (Å²) in [6.07, 6.45) is 9.03. The number of hydrogen-bond acceptors (Lipinski definition) is 4. The van der Waals surface area contributed by atoms with Crippen LogP contribution in [0, 0.1) is 0 Å². The lowest BCUT2D eigenvalue weighted by atomic mass is 9.81. The van der Waals surface area contributed by atoms with Crippen molar-refractivity contribution in [3.8, 4) is 11.3 Å². The number of aromatic nitrogens is 1. The number of benzene rings is 2. The maximum absolute atomic E-state index is 13.6. The second kappa shape index (κ2) is 10.5. The van der Waals surface area contributed by atoms with Crippen molar-refractivity contribution >= 4 is 28.5 Å². The predicted octanol–water partition coefficient (Wildman–Crippen LogP) is 6.31. The van der Waals surface area contributed by atoms with Crippen molar-refractivity contribution in [1.82, 2.24) is 14.8 Å². The first-order chi connectivity index (χ1) is 19.9. The van der Waals surface area contributed by atoms with Crippen molar-refractivity contribution in [1.29, 1.82) is 0 Å². The number of fused-ring (bicyclic) bond motifs is 4. The molecule has 2 fully saturated rings. The molecule has 1 amide bonds. The predicted molar refractivity (Wildman–Crippen MR) is 163 cm³/mol. The number of amides is 1. The summed E-state index contributed by atoms with van der Waals surface area (Å²) in [6.45, 7) is 7.94. The van der Waals surface area contributed by atoms with E-state index in [0.29, 0.717) is 17.5 Å². The van der Waals surface area contributed by atoms with Gasteiger partial charge in [-0.3, -0.25) is 9.69 Å². The Balaban J connectivity index is 1.35. The third-order valence-electron chi connectivity index (χ3n) is 10.2. The largest absolute Gasteiger partial charge is 0.478 e. The molecule has 1 saturated heterocycles. The molecule has 1 aromatic heterocycles. The van der Waals surface area contributed by atoms with Gasteiger partial charge in [0.1, 0.15) is 0 Å². The number of nitrogens with one attached hydrogen (secondary N) is 1. The van der Waals surface area contributed by atoms with Gasteiger partial charge in [-0.05, 0) is 81.7 Å². The zero-order valence-corrected chi connectivity index (χ0v) is 24.4. The molecule has 1 saturated carbocycles. The van der Waals surface area contributed by atoms with E-state index in [2.05, 4.69) is 57.8 Å². The van der Waals surface area contributed by atoms with E-state index >= 15 is 0 Å². The zero-order chi connectivity index (χ0) is 28.2. The number of hydrogen-bond donors (Lipinski definition) is 2. The Hall–Kier alpha value is -3.32. The van der Waals surface area contributed by atoms with Gasteiger partial charge in [0.25, 0.3) is 0 Å². The van der Waals surface area contributed by atoms with E-state index in [9.17, 15) is 14.7 Å². The monoisotopic (exact) mass is 554 g/mol. The number of carbonyl (C=O) groups excluding carboxylic acids is 1. The van der Waals surface area contributed by atoms with Crippen molar-refractivity contribution in [3.63, 3.8) is 0 Å². The van der Waals surface area contributed by atoms with Crippen LogP contribution in [0.5, 0.6) is 0 Å². The summed E-state index contributed by atoms with van der Waals surface area (Å²) >= 11 is 0. The fourth-order valence-corrected chi connectivity index (χ4v) is 8.33. The highest BCUT2D eigenvalue weighted by atomic mass is 16.4. The van der Waals surface area contributed by atoms with Crippen molar-refractivity contribution in [2.24, 2.45) is 0 Å². The van der Waals surface area contributed by atoms with Crippen molar-refractivity contribution in [2.75, 3.05) is 24.5 Å². The van der Waals surface area contributed by atoms with Crippen LogP contribution in [0.15, 0.2) is 36.4 Å². The smallest absolute Gasteiger partial charge is 0.335 e. The summed E-state index contributed by atoms with van der Waals surface area (Å²) in [5.41, 5.74) is 7.76. The first-order valence-electron chi connectivity index (χ1n) is 15.8. The summed E-state index contributed by atoms with van der Waals surface area (Å²) in [5.74, 6) is -0.238. The van der Waals surface area contributed by atoms with E-state index in [1.165, 1.54) is 65.6 Å². The van der Waals surface area contributed by atoms with E-state index < -0.39 is 5.97 Å². The highest BCUT2D eigenvalue weighted by Gasteiger charge is 2.37. The number of carbonyl (C=O) groups is 2. The summed E-state index contributed by atoms with van der Waals surface area (Å²) in [5, 5.41) is 14.5. The number of para-hydroxylation sites is 1. The fraction of sp³-hybridized carbons (Fsp3) is 0.529. The molecule has 3 aliphatic heterocycles. The lowest BCUT2D eigenvalue weighted by Crippen LogP contribution is -2.48. The number of rotatable bonds is 5. The number of anilines is 1. The zero-order valence-electron chi connectivity index (χ0n) is 24.4. The average molecular weight is 555 g/mol. The molecular weight excluding hydrogens is 512 g/mol. The molecule has 7 rings (SSSR count). The second-order valence-electron chi connectivity index (χ2n) is 12.9. The fourth-order valence-electron chi connectivity index (χ4n) is 8.33. The van der Waals surface area contributed by atoms with Crippen LogP contribution in [0.4, 0.5) is 5.69 Å². The van der Waals surface area contributed by atoms with Gasteiger partial charge in [-0.25, -0.2) is 4.79 Å². The van der Waals surface area contributed by atoms with Crippen molar-refractivity contribution in [2.45, 2.75) is 95.8 Å². The molecule has 3 aromatic rings. The normalized spacial score (nSPS) is 23.0. The summed E-state index contributed by atoms with van der Waals surface area (Å²) in [4.78, 5) is 30.4. The molecule has 0 spiro atoms. The quantitative estimate of drug-likeness (QED) is 0.387. The Morgan fingerprint density at radius 1 is 0.927 bits per heavy atom. The molecule has 2 unspecified atom stereocenters. The molecule has 41 heavy (non-hydrogen) atoms. The van der Waals surface area contributed by atoms with Crippen LogP contribution >= 0.6 is 0 Å². The molecule has 4 aliphatic rings. The molecule has 216 valence electrons. The van der Waals surface area contributed by atoms with Gasteiger partial charge >= 0.3 is 5.97 Å². The lowest BCUT2D eigenvalue weighted by molar-refractivity contribution is -0.126. The van der Waals surface area contributed by atoms with Crippen LogP contribution in [0.25, 0.3) is 22.2 Å². The molecular formula is C34H42N4O3. The van der Waals surface area contributed by atoms with Gasteiger partial charge in [-0.2, -0.15) is 0 Å². The number of likely N-dealkylation sites (tertiary alicyclic amines) is 1. The molecule has 2 N–H and O–H groups in total.